The van der Waals surface area contributed by atoms with Gasteiger partial charge in [-0.2, -0.15) is 0 Å². The van der Waals surface area contributed by atoms with E-state index in [9.17, 15) is 0 Å². The van der Waals surface area contributed by atoms with E-state index in [1.165, 1.54) is 0 Å². The molecule has 1 saturated heterocycles. The highest BCUT2D eigenvalue weighted by Crippen LogP contribution is 2.27. The van der Waals surface area contributed by atoms with Crippen LogP contribution in [-0.4, -0.2) is 18.0 Å². The highest BCUT2D eigenvalue weighted by molar-refractivity contribution is 9.10. The second kappa shape index (κ2) is 4.30. The fourth-order valence-corrected chi connectivity index (χ4v) is 1.20. The Morgan fingerprint density at radius 3 is 3.71 bits per heavy atom. The molecule has 2 rings (SSSR count). The SMILES string of the molecule is [2H]c1nc(N2C([2H])([2H])C([2H])([2H])C([2H])([2H])C([2H])(C([2H])([2H])[2H])C2([2H])[2H])c(Br)c([2H])c1[2H]. The van der Waals surface area contributed by atoms with Gasteiger partial charge in [0.2, 0.25) is 0 Å². The molecule has 0 aliphatic carbocycles. The molecule has 1 unspecified atom stereocenters. The highest BCUT2D eigenvalue weighted by atomic mass is 79.9. The summed E-state index contributed by atoms with van der Waals surface area (Å²) >= 11 is 2.81. The molecule has 2 heterocycles. The number of hydrogen-bond acceptors (Lipinski definition) is 2. The Hall–Kier alpha value is -0.570. The van der Waals surface area contributed by atoms with E-state index in [4.69, 9.17) is 20.6 Å². The van der Waals surface area contributed by atoms with Crippen LogP contribution < -0.4 is 4.90 Å². The summed E-state index contributed by atoms with van der Waals surface area (Å²) in [6.45, 7) is -11.1. The van der Waals surface area contributed by atoms with Crippen LogP contribution in [0.1, 0.15) is 40.2 Å². The maximum absolute atomic E-state index is 8.28. The van der Waals surface area contributed by atoms with Crippen LogP contribution in [0.15, 0.2) is 22.7 Å². The lowest BCUT2D eigenvalue weighted by Gasteiger charge is -2.32. The smallest absolute Gasteiger partial charge is 0.142 e. The third-order valence-corrected chi connectivity index (χ3v) is 1.93. The Balaban J connectivity index is 3.04. The average Bonchev–Trinajstić information content (AvgIpc) is 2.53. The Morgan fingerprint density at radius 2 is 2.86 bits per heavy atom. The molecule has 0 saturated carbocycles. The molecule has 3 heteroatoms. The topological polar surface area (TPSA) is 16.1 Å². The van der Waals surface area contributed by atoms with E-state index in [1.54, 1.807) is 0 Å². The van der Waals surface area contributed by atoms with Crippen molar-refractivity contribution in [2.45, 2.75) is 19.6 Å². The van der Waals surface area contributed by atoms with Gasteiger partial charge in [-0.25, -0.2) is 4.98 Å². The number of anilines is 1. The lowest BCUT2D eigenvalue weighted by atomic mass is 10.0. The Morgan fingerprint density at radius 1 is 1.93 bits per heavy atom. The summed E-state index contributed by atoms with van der Waals surface area (Å²) in [7, 11) is 0. The molecule has 0 amide bonds. The maximum atomic E-state index is 8.28. The molecular weight excluding hydrogens is 240 g/mol. The van der Waals surface area contributed by atoms with E-state index in [0.717, 1.165) is 0 Å². The Labute approximate surface area is 115 Å². The molecule has 1 aliphatic rings. The van der Waals surface area contributed by atoms with Gasteiger partial charge in [0.1, 0.15) is 5.82 Å². The monoisotopic (exact) mass is 269 g/mol. The molecular formula is C11H15BrN2. The lowest BCUT2D eigenvalue weighted by molar-refractivity contribution is 0.444. The molecule has 76 valence electrons. The first-order valence-corrected chi connectivity index (χ1v) is 4.35. The zero-order valence-electron chi connectivity index (χ0n) is 21.8. The third kappa shape index (κ3) is 2.08. The minimum Gasteiger partial charge on any atom is -0.355 e. The summed E-state index contributed by atoms with van der Waals surface area (Å²) in [5.74, 6) is -4.79. The number of piperidine rings is 1. The molecule has 0 N–H and O–H groups in total. The second-order valence-electron chi connectivity index (χ2n) is 2.30. The first kappa shape index (κ1) is 2.40. The first-order valence-electron chi connectivity index (χ1n) is 11.1. The van der Waals surface area contributed by atoms with E-state index in [-0.39, 0.29) is 4.90 Å². The van der Waals surface area contributed by atoms with Crippen LogP contribution in [0.4, 0.5) is 5.82 Å². The van der Waals surface area contributed by atoms with Crippen molar-refractivity contribution >= 4 is 21.7 Å². The third-order valence-electron chi connectivity index (χ3n) is 1.38. The fourth-order valence-electron chi connectivity index (χ4n) is 0.837. The van der Waals surface area contributed by atoms with Gasteiger partial charge in [0.15, 0.2) is 0 Å². The predicted octanol–water partition coefficient (Wildman–Crippen LogP) is 3.08. The minimum absolute atomic E-state index is 0.166. The lowest BCUT2D eigenvalue weighted by Crippen LogP contribution is -2.34. The zero-order valence-corrected chi connectivity index (χ0v) is 8.36. The molecule has 0 aromatic carbocycles. The molecule has 1 aromatic rings. The van der Waals surface area contributed by atoms with Crippen molar-refractivity contribution < 1.29 is 20.6 Å². The van der Waals surface area contributed by atoms with Gasteiger partial charge in [0.25, 0.3) is 0 Å². The molecule has 0 radical (unpaired) electrons. The Kier molecular flexibility index (Phi) is 0.736. The van der Waals surface area contributed by atoms with Crippen LogP contribution in [0.5, 0.6) is 0 Å². The highest BCUT2D eigenvalue weighted by Gasteiger charge is 2.18. The molecule has 0 bridgehead atoms. The van der Waals surface area contributed by atoms with Crippen LogP contribution in [0, 0.1) is 5.89 Å². The van der Waals surface area contributed by atoms with Gasteiger partial charge in [-0.05, 0) is 46.7 Å². The van der Waals surface area contributed by atoms with Crippen LogP contribution >= 0.6 is 15.9 Å². The van der Waals surface area contributed by atoms with Crippen molar-refractivity contribution in [2.24, 2.45) is 5.89 Å². The van der Waals surface area contributed by atoms with Crippen LogP contribution in [0.3, 0.4) is 0 Å². The second-order valence-corrected chi connectivity index (χ2v) is 3.09. The molecule has 1 fully saturated rings. The number of hydrogen-bond donors (Lipinski definition) is 0. The number of aromatic nitrogens is 1. The molecule has 14 heavy (non-hydrogen) atoms. The van der Waals surface area contributed by atoms with Crippen molar-refractivity contribution in [3.8, 4) is 0 Å². The van der Waals surface area contributed by atoms with E-state index in [1.807, 2.05) is 0 Å². The van der Waals surface area contributed by atoms with Gasteiger partial charge >= 0.3 is 0 Å². The van der Waals surface area contributed by atoms with Gasteiger partial charge in [-0.3, -0.25) is 0 Å². The normalized spacial score (nSPS) is 58.6. The summed E-state index contributed by atoms with van der Waals surface area (Å²) in [5.41, 5.74) is 0. The molecule has 0 spiro atoms. The average molecular weight is 270 g/mol. The van der Waals surface area contributed by atoms with Crippen LogP contribution in [0.25, 0.3) is 0 Å². The van der Waals surface area contributed by atoms with E-state index in [0.29, 0.717) is 0 Å². The van der Waals surface area contributed by atoms with Crippen molar-refractivity contribution in [1.29, 1.82) is 0 Å². The van der Waals surface area contributed by atoms with Gasteiger partial charge < -0.3 is 4.90 Å². The van der Waals surface area contributed by atoms with Gasteiger partial charge in [-0.15, -0.1) is 0 Å². The summed E-state index contributed by atoms with van der Waals surface area (Å²) < 4.78 is 118. The summed E-state index contributed by atoms with van der Waals surface area (Å²) in [6.07, 6.45) is -8.52. The number of halogens is 1. The number of nitrogens with zero attached hydrogens (tertiary/aromatic N) is 2. The summed E-state index contributed by atoms with van der Waals surface area (Å²) in [4.78, 5) is 3.34. The van der Waals surface area contributed by atoms with Crippen molar-refractivity contribution in [2.75, 3.05) is 17.9 Å². The van der Waals surface area contributed by atoms with Gasteiger partial charge in [0.05, 0.1) is 8.58 Å². The predicted molar refractivity (Wildman–Crippen MR) is 62.5 cm³/mol. The standard InChI is InChI=1S/C11H15BrN2/c1-9-4-3-7-14(8-9)11-10(12)5-2-6-13-11/h2,5-6,9H,3-4,7-8H2,1H3/i1D3,2D,3D2,4D2,5D,6D,7D2,8D2,9D. The minimum atomic E-state index is -3.86. The molecule has 1 atom stereocenters. The summed E-state index contributed by atoms with van der Waals surface area (Å²) in [5, 5.41) is 0. The van der Waals surface area contributed by atoms with E-state index < -0.39 is 67.0 Å². The van der Waals surface area contributed by atoms with Crippen LogP contribution in [-0.2, 0) is 0 Å². The van der Waals surface area contributed by atoms with Crippen molar-refractivity contribution in [1.82, 2.24) is 4.98 Å². The Bertz CT molecular complexity index is 850. The van der Waals surface area contributed by atoms with Crippen molar-refractivity contribution in [3.05, 3.63) is 22.7 Å². The van der Waals surface area contributed by atoms with E-state index >= 15 is 0 Å². The van der Waals surface area contributed by atoms with Crippen LogP contribution in [0.2, 0.25) is 0 Å². The molecule has 1 aliphatic heterocycles. The summed E-state index contributed by atoms with van der Waals surface area (Å²) in [6, 6.07) is -1.45. The quantitative estimate of drug-likeness (QED) is 0.779. The number of pyridine rings is 1. The van der Waals surface area contributed by atoms with E-state index in [2.05, 4.69) is 20.9 Å². The first-order chi connectivity index (χ1) is 12.6. The molecule has 1 aromatic heterocycles. The zero-order chi connectivity index (χ0) is 23.2. The number of rotatable bonds is 1. The fraction of sp³-hybridized carbons (Fsp3) is 0.545. The maximum Gasteiger partial charge on any atom is 0.142 e. The van der Waals surface area contributed by atoms with Gasteiger partial charge in [0, 0.05) is 35.6 Å². The molecule has 2 nitrogen and oxygen atoms in total. The largest absolute Gasteiger partial charge is 0.355 e. The van der Waals surface area contributed by atoms with Gasteiger partial charge in [-0.1, -0.05) is 6.85 Å². The van der Waals surface area contributed by atoms with Crippen molar-refractivity contribution in [3.63, 3.8) is 0 Å².